The van der Waals surface area contributed by atoms with E-state index >= 15 is 0 Å². The zero-order chi connectivity index (χ0) is 24.2. The predicted molar refractivity (Wildman–Crippen MR) is 130 cm³/mol. The van der Waals surface area contributed by atoms with Crippen molar-refractivity contribution in [1.29, 1.82) is 0 Å². The molecule has 34 heavy (non-hydrogen) atoms. The van der Waals surface area contributed by atoms with Crippen LogP contribution < -0.4 is 17.0 Å². The highest BCUT2D eigenvalue weighted by molar-refractivity contribution is 7.99. The lowest BCUT2D eigenvalue weighted by atomic mass is 10.1. The first kappa shape index (κ1) is 23.2. The molecule has 2 aromatic carbocycles. The molecule has 2 aromatic heterocycles. The molecule has 174 valence electrons. The second kappa shape index (κ2) is 9.92. The molecule has 2 N–H and O–H groups in total. The van der Waals surface area contributed by atoms with Crippen LogP contribution in [0.25, 0.3) is 11.5 Å². The number of nitrogens with zero attached hydrogens (tertiary/aromatic N) is 4. The third kappa shape index (κ3) is 4.72. The topological polar surface area (TPSA) is 126 Å². The molecule has 4 aromatic rings. The minimum Gasteiger partial charge on any atom is -0.411 e. The van der Waals surface area contributed by atoms with E-state index in [1.165, 1.54) is 4.57 Å². The number of nitrogen functional groups attached to an aromatic ring is 1. The van der Waals surface area contributed by atoms with Gasteiger partial charge in [-0.1, -0.05) is 59.8 Å². The molecule has 0 saturated heterocycles. The molecule has 9 nitrogen and oxygen atoms in total. The van der Waals surface area contributed by atoms with Crippen LogP contribution in [0.1, 0.15) is 28.4 Å². The summed E-state index contributed by atoms with van der Waals surface area (Å²) in [5, 5.41) is 8.18. The van der Waals surface area contributed by atoms with E-state index in [9.17, 15) is 14.4 Å². The number of Topliss-reactive ketones (excluding diaryl/α,β-unsaturated/α-hetero) is 1. The highest BCUT2D eigenvalue weighted by Crippen LogP contribution is 2.24. The molecule has 4 rings (SSSR count). The number of rotatable bonds is 8. The number of nitrogens with two attached hydrogens (primary N) is 1. The first-order valence-corrected chi connectivity index (χ1v) is 11.6. The van der Waals surface area contributed by atoms with Gasteiger partial charge in [-0.05, 0) is 31.5 Å². The Bertz CT molecular complexity index is 1440. The van der Waals surface area contributed by atoms with Crippen LogP contribution in [0.15, 0.2) is 73.8 Å². The van der Waals surface area contributed by atoms with Crippen LogP contribution >= 0.6 is 11.8 Å². The number of carbonyl (C=O) groups excluding carboxylic acids is 1. The first-order valence-electron chi connectivity index (χ1n) is 10.6. The zero-order valence-corrected chi connectivity index (χ0v) is 19.5. The van der Waals surface area contributed by atoms with Crippen LogP contribution in [0.5, 0.6) is 0 Å². The van der Waals surface area contributed by atoms with Crippen LogP contribution in [-0.4, -0.2) is 30.9 Å². The molecule has 0 unspecified atom stereocenters. The van der Waals surface area contributed by atoms with E-state index in [1.807, 2.05) is 61.5 Å². The van der Waals surface area contributed by atoms with Crippen molar-refractivity contribution in [3.8, 4) is 11.5 Å². The fourth-order valence-corrected chi connectivity index (χ4v) is 4.09. The lowest BCUT2D eigenvalue weighted by Crippen LogP contribution is -2.44. The van der Waals surface area contributed by atoms with Gasteiger partial charge in [0.15, 0.2) is 5.78 Å². The van der Waals surface area contributed by atoms with E-state index in [4.69, 9.17) is 10.2 Å². The standard InChI is InChI=1S/C24H23N5O4S/c1-3-28-22(31)19(20(25)29(24(28)32)13-16-7-5-4-6-8-16)18(30)14-34-23-27-26-21(33-23)17-11-9-15(2)10-12-17/h4-12H,3,13-14,25H2,1-2H3. The van der Waals surface area contributed by atoms with Gasteiger partial charge < -0.3 is 10.2 Å². The van der Waals surface area contributed by atoms with Gasteiger partial charge in [0.05, 0.1) is 12.3 Å². The van der Waals surface area contributed by atoms with Crippen LogP contribution in [-0.2, 0) is 13.1 Å². The number of ketones is 1. The van der Waals surface area contributed by atoms with Crippen LogP contribution in [0.4, 0.5) is 5.82 Å². The van der Waals surface area contributed by atoms with Crippen molar-refractivity contribution >= 4 is 23.4 Å². The Morgan fingerprint density at radius 3 is 2.41 bits per heavy atom. The number of aromatic nitrogens is 4. The van der Waals surface area contributed by atoms with E-state index in [0.29, 0.717) is 5.89 Å². The van der Waals surface area contributed by atoms with E-state index in [0.717, 1.165) is 33.0 Å². The summed E-state index contributed by atoms with van der Waals surface area (Å²) >= 11 is 1.01. The van der Waals surface area contributed by atoms with Gasteiger partial charge in [-0.15, -0.1) is 10.2 Å². The highest BCUT2D eigenvalue weighted by atomic mass is 32.2. The van der Waals surface area contributed by atoms with Gasteiger partial charge >= 0.3 is 5.69 Å². The predicted octanol–water partition coefficient (Wildman–Crippen LogP) is 2.99. The average molecular weight is 478 g/mol. The summed E-state index contributed by atoms with van der Waals surface area (Å²) in [4.78, 5) is 38.8. The molecule has 0 spiro atoms. The Hall–Kier alpha value is -3.92. The Balaban J connectivity index is 1.59. The number of carbonyl (C=O) groups is 1. The number of hydrogen-bond donors (Lipinski definition) is 1. The minimum atomic E-state index is -0.703. The van der Waals surface area contributed by atoms with Crippen LogP contribution in [0, 0.1) is 6.92 Å². The summed E-state index contributed by atoms with van der Waals surface area (Å²) in [7, 11) is 0. The number of thioether (sulfide) groups is 1. The third-order valence-electron chi connectivity index (χ3n) is 5.28. The van der Waals surface area contributed by atoms with Crippen molar-refractivity contribution in [3.63, 3.8) is 0 Å². The SMILES string of the molecule is CCn1c(=O)c(C(=O)CSc2nnc(-c3ccc(C)cc3)o2)c(N)n(Cc2ccccc2)c1=O. The largest absolute Gasteiger partial charge is 0.411 e. The van der Waals surface area contributed by atoms with Crippen molar-refractivity contribution < 1.29 is 9.21 Å². The van der Waals surface area contributed by atoms with E-state index in [-0.39, 0.29) is 35.4 Å². The monoisotopic (exact) mass is 477 g/mol. The molecule has 2 heterocycles. The molecule has 0 radical (unpaired) electrons. The Labute approximate surface area is 199 Å². The first-order chi connectivity index (χ1) is 16.4. The van der Waals surface area contributed by atoms with Gasteiger partial charge in [-0.3, -0.25) is 18.7 Å². The summed E-state index contributed by atoms with van der Waals surface area (Å²) in [5.41, 5.74) is 7.39. The summed E-state index contributed by atoms with van der Waals surface area (Å²) in [6, 6.07) is 16.8. The summed E-state index contributed by atoms with van der Waals surface area (Å²) in [5.74, 6) is -0.492. The molecule has 0 aliphatic heterocycles. The van der Waals surface area contributed by atoms with Gasteiger partial charge in [0.1, 0.15) is 11.4 Å². The van der Waals surface area contributed by atoms with Gasteiger partial charge in [-0.2, -0.15) is 0 Å². The lowest BCUT2D eigenvalue weighted by Gasteiger charge is -2.15. The molecule has 0 aliphatic carbocycles. The highest BCUT2D eigenvalue weighted by Gasteiger charge is 2.23. The summed E-state index contributed by atoms with van der Waals surface area (Å²) < 4.78 is 7.91. The number of anilines is 1. The molecule has 0 atom stereocenters. The normalized spacial score (nSPS) is 11.0. The molecule has 0 saturated carbocycles. The zero-order valence-electron chi connectivity index (χ0n) is 18.7. The number of aryl methyl sites for hydroxylation is 1. The van der Waals surface area contributed by atoms with Gasteiger partial charge in [0, 0.05) is 12.1 Å². The molecule has 10 heteroatoms. The van der Waals surface area contributed by atoms with Crippen molar-refractivity contribution in [1.82, 2.24) is 19.3 Å². The Morgan fingerprint density at radius 1 is 1.03 bits per heavy atom. The van der Waals surface area contributed by atoms with Crippen LogP contribution in [0.3, 0.4) is 0 Å². The van der Waals surface area contributed by atoms with Gasteiger partial charge in [0.25, 0.3) is 10.8 Å². The number of hydrogen-bond acceptors (Lipinski definition) is 8. The molecular formula is C24H23N5O4S. The van der Waals surface area contributed by atoms with E-state index in [2.05, 4.69) is 10.2 Å². The minimum absolute atomic E-state index is 0.115. The maximum Gasteiger partial charge on any atom is 0.332 e. The maximum atomic E-state index is 13.0. The smallest absolute Gasteiger partial charge is 0.332 e. The number of benzene rings is 2. The second-order valence-electron chi connectivity index (χ2n) is 7.61. The summed E-state index contributed by atoms with van der Waals surface area (Å²) in [6.45, 7) is 3.90. The molecular weight excluding hydrogens is 454 g/mol. The average Bonchev–Trinajstić information content (AvgIpc) is 3.31. The lowest BCUT2D eigenvalue weighted by molar-refractivity contribution is 0.102. The van der Waals surface area contributed by atoms with Gasteiger partial charge in [0.2, 0.25) is 5.89 Å². The Kier molecular flexibility index (Phi) is 6.78. The molecule has 0 amide bonds. The van der Waals surface area contributed by atoms with Crippen molar-refractivity contribution in [2.24, 2.45) is 0 Å². The quantitative estimate of drug-likeness (QED) is 0.303. The molecule has 0 fully saturated rings. The Morgan fingerprint density at radius 2 is 1.74 bits per heavy atom. The fourth-order valence-electron chi connectivity index (χ4n) is 3.46. The van der Waals surface area contributed by atoms with E-state index < -0.39 is 17.0 Å². The second-order valence-corrected chi connectivity index (χ2v) is 8.54. The third-order valence-corrected chi connectivity index (χ3v) is 6.10. The van der Waals surface area contributed by atoms with Crippen molar-refractivity contribution in [2.45, 2.75) is 32.2 Å². The summed E-state index contributed by atoms with van der Waals surface area (Å²) in [6.07, 6.45) is 0. The fraction of sp³-hybridized carbons (Fsp3) is 0.208. The van der Waals surface area contributed by atoms with Gasteiger partial charge in [-0.25, -0.2) is 4.79 Å². The molecule has 0 aliphatic rings. The molecule has 0 bridgehead atoms. The maximum absolute atomic E-state index is 13.0. The van der Waals surface area contributed by atoms with Crippen molar-refractivity contribution in [2.75, 3.05) is 11.5 Å². The van der Waals surface area contributed by atoms with E-state index in [1.54, 1.807) is 6.92 Å². The van der Waals surface area contributed by atoms with Crippen molar-refractivity contribution in [3.05, 3.63) is 92.1 Å². The van der Waals surface area contributed by atoms with Crippen LogP contribution in [0.2, 0.25) is 0 Å².